The Morgan fingerprint density at radius 1 is 1.56 bits per heavy atom. The minimum atomic E-state index is -1.03. The van der Waals surface area contributed by atoms with Crippen molar-refractivity contribution < 1.29 is 14.6 Å². The largest absolute Gasteiger partial charge is 0.462 e. The van der Waals surface area contributed by atoms with Gasteiger partial charge < -0.3 is 9.84 Å². The lowest BCUT2D eigenvalue weighted by Gasteiger charge is -2.28. The van der Waals surface area contributed by atoms with Crippen LogP contribution in [0.2, 0.25) is 0 Å². The third-order valence-electron chi connectivity index (χ3n) is 4.62. The Kier molecular flexibility index (Phi) is 4.83. The molecule has 0 unspecified atom stereocenters. The molecule has 1 N–H and O–H groups in total. The molecule has 1 saturated carbocycles. The van der Waals surface area contributed by atoms with Crippen molar-refractivity contribution in [1.29, 1.82) is 0 Å². The van der Waals surface area contributed by atoms with Crippen molar-refractivity contribution in [2.45, 2.75) is 49.9 Å². The second kappa shape index (κ2) is 6.76. The minimum absolute atomic E-state index is 0.0578. The first-order chi connectivity index (χ1) is 11.9. The maximum Gasteiger partial charge on any atom is 0.343 e. The molecule has 0 radical (unpaired) electrons. The van der Waals surface area contributed by atoms with Crippen LogP contribution in [0.15, 0.2) is 22.2 Å². The Balaban J connectivity index is 2.31. The number of fused-ring (bicyclic) bond motifs is 1. The van der Waals surface area contributed by atoms with E-state index in [1.54, 1.807) is 20.0 Å². The van der Waals surface area contributed by atoms with Crippen molar-refractivity contribution in [3.8, 4) is 0 Å². The molecule has 0 amide bonds. The van der Waals surface area contributed by atoms with Gasteiger partial charge in [0.15, 0.2) is 5.16 Å². The number of hydrogen-bond donors (Lipinski definition) is 1. The van der Waals surface area contributed by atoms with Crippen molar-refractivity contribution in [3.05, 3.63) is 28.2 Å². The van der Waals surface area contributed by atoms with Crippen molar-refractivity contribution in [3.63, 3.8) is 0 Å². The molecule has 7 nitrogen and oxygen atoms in total. The van der Waals surface area contributed by atoms with Gasteiger partial charge >= 0.3 is 5.97 Å². The summed E-state index contributed by atoms with van der Waals surface area (Å²) < 4.78 is 6.47. The molecule has 2 aromatic rings. The van der Waals surface area contributed by atoms with Crippen LogP contribution in [-0.4, -0.2) is 44.1 Å². The molecule has 134 valence electrons. The van der Waals surface area contributed by atoms with Gasteiger partial charge in [0, 0.05) is 11.6 Å². The molecule has 0 saturated heterocycles. The van der Waals surface area contributed by atoms with Gasteiger partial charge in [0.2, 0.25) is 0 Å². The van der Waals surface area contributed by atoms with Crippen LogP contribution in [0.5, 0.6) is 0 Å². The predicted octanol–water partition coefficient (Wildman–Crippen LogP) is 2.17. The van der Waals surface area contributed by atoms with E-state index in [-0.39, 0.29) is 12.2 Å². The standard InChI is InChI=1S/C17H21N3O4S/c1-4-24-15(22)11-8-10-9-18-16(25-3)19-13(10)20(14(11)21)12-6-5-7-17(12,2)23/h8-9,12,23H,4-7H2,1-3H3/t12-,17-/m1/s1. The fourth-order valence-corrected chi connectivity index (χ4v) is 3.72. The van der Waals surface area contributed by atoms with Crippen LogP contribution in [0.1, 0.15) is 49.5 Å². The second-order valence-corrected chi connectivity index (χ2v) is 7.13. The van der Waals surface area contributed by atoms with Gasteiger partial charge in [-0.2, -0.15) is 0 Å². The number of carbonyl (C=O) groups excluding carboxylic acids is 1. The molecule has 2 aromatic heterocycles. The molecule has 3 rings (SSSR count). The van der Waals surface area contributed by atoms with E-state index in [0.29, 0.717) is 29.0 Å². The molecule has 0 aromatic carbocycles. The number of hydrogen-bond acceptors (Lipinski definition) is 7. The van der Waals surface area contributed by atoms with E-state index >= 15 is 0 Å². The summed E-state index contributed by atoms with van der Waals surface area (Å²) in [5, 5.41) is 11.8. The highest BCUT2D eigenvalue weighted by atomic mass is 32.2. The molecule has 1 aliphatic rings. The second-order valence-electron chi connectivity index (χ2n) is 6.35. The third-order valence-corrected chi connectivity index (χ3v) is 5.18. The summed E-state index contributed by atoms with van der Waals surface area (Å²) in [5.74, 6) is -0.672. The number of carbonyl (C=O) groups is 1. The zero-order valence-electron chi connectivity index (χ0n) is 14.5. The summed E-state index contributed by atoms with van der Waals surface area (Å²) in [6.45, 7) is 3.59. The van der Waals surface area contributed by atoms with E-state index in [9.17, 15) is 14.7 Å². The lowest BCUT2D eigenvalue weighted by Crippen LogP contribution is -2.39. The SMILES string of the molecule is CCOC(=O)c1cc2cnc(SC)nc2n([C@@H]2CCC[C@@]2(C)O)c1=O. The number of nitrogens with zero attached hydrogens (tertiary/aromatic N) is 3. The molecular formula is C17H21N3O4S. The van der Waals surface area contributed by atoms with Gasteiger partial charge in [-0.3, -0.25) is 9.36 Å². The maximum atomic E-state index is 13.1. The average molecular weight is 363 g/mol. The summed E-state index contributed by atoms with van der Waals surface area (Å²) in [7, 11) is 0. The molecular weight excluding hydrogens is 342 g/mol. The van der Waals surface area contributed by atoms with Crippen LogP contribution in [-0.2, 0) is 4.74 Å². The fraction of sp³-hybridized carbons (Fsp3) is 0.529. The number of thioether (sulfide) groups is 1. The number of aromatic nitrogens is 3. The first kappa shape index (κ1) is 17.9. The highest BCUT2D eigenvalue weighted by Gasteiger charge is 2.40. The van der Waals surface area contributed by atoms with Gasteiger partial charge in [0.1, 0.15) is 11.2 Å². The fourth-order valence-electron chi connectivity index (χ4n) is 3.39. The first-order valence-corrected chi connectivity index (χ1v) is 9.47. The number of rotatable bonds is 4. The van der Waals surface area contributed by atoms with Crippen molar-refractivity contribution >= 4 is 28.8 Å². The summed E-state index contributed by atoms with van der Waals surface area (Å²) in [6.07, 6.45) is 5.48. The van der Waals surface area contributed by atoms with E-state index in [0.717, 1.165) is 6.42 Å². The smallest absolute Gasteiger partial charge is 0.343 e. The molecule has 1 aliphatic carbocycles. The Bertz CT molecular complexity index is 878. The van der Waals surface area contributed by atoms with Crippen LogP contribution in [0, 0.1) is 0 Å². The lowest BCUT2D eigenvalue weighted by molar-refractivity contribution is 0.0261. The molecule has 2 atom stereocenters. The van der Waals surface area contributed by atoms with E-state index in [1.807, 2.05) is 6.26 Å². The van der Waals surface area contributed by atoms with Crippen molar-refractivity contribution in [2.24, 2.45) is 0 Å². The van der Waals surface area contributed by atoms with Crippen LogP contribution in [0.3, 0.4) is 0 Å². The van der Waals surface area contributed by atoms with Crippen molar-refractivity contribution in [1.82, 2.24) is 14.5 Å². The predicted molar refractivity (Wildman–Crippen MR) is 95.0 cm³/mol. The minimum Gasteiger partial charge on any atom is -0.462 e. The third kappa shape index (κ3) is 3.16. The zero-order valence-corrected chi connectivity index (χ0v) is 15.3. The van der Waals surface area contributed by atoms with Crippen LogP contribution in [0.4, 0.5) is 0 Å². The Morgan fingerprint density at radius 2 is 2.32 bits per heavy atom. The molecule has 8 heteroatoms. The topological polar surface area (TPSA) is 94.3 Å². The van der Waals surface area contributed by atoms with E-state index in [1.165, 1.54) is 22.4 Å². The van der Waals surface area contributed by atoms with Gasteiger partial charge in [0.05, 0.1) is 18.2 Å². The van der Waals surface area contributed by atoms with Crippen LogP contribution in [0.25, 0.3) is 11.0 Å². The zero-order chi connectivity index (χ0) is 18.2. The number of aliphatic hydroxyl groups is 1. The first-order valence-electron chi connectivity index (χ1n) is 8.25. The van der Waals surface area contributed by atoms with Crippen LogP contribution >= 0.6 is 11.8 Å². The summed E-state index contributed by atoms with van der Waals surface area (Å²) in [5.41, 5.74) is -1.14. The quantitative estimate of drug-likeness (QED) is 0.505. The number of esters is 1. The number of pyridine rings is 1. The monoisotopic (exact) mass is 363 g/mol. The summed E-state index contributed by atoms with van der Waals surface area (Å²) >= 11 is 1.37. The highest BCUT2D eigenvalue weighted by molar-refractivity contribution is 7.98. The lowest BCUT2D eigenvalue weighted by atomic mass is 9.99. The average Bonchev–Trinajstić information content (AvgIpc) is 2.93. The van der Waals surface area contributed by atoms with Gasteiger partial charge in [-0.25, -0.2) is 14.8 Å². The van der Waals surface area contributed by atoms with E-state index < -0.39 is 23.2 Å². The summed E-state index contributed by atoms with van der Waals surface area (Å²) in [4.78, 5) is 34.0. The molecule has 25 heavy (non-hydrogen) atoms. The normalized spacial score (nSPS) is 23.1. The van der Waals surface area contributed by atoms with Gasteiger partial charge in [-0.1, -0.05) is 11.8 Å². The van der Waals surface area contributed by atoms with Crippen molar-refractivity contribution in [2.75, 3.05) is 12.9 Å². The highest BCUT2D eigenvalue weighted by Crippen LogP contribution is 2.39. The van der Waals surface area contributed by atoms with E-state index in [2.05, 4.69) is 9.97 Å². The Morgan fingerprint density at radius 3 is 2.92 bits per heavy atom. The van der Waals surface area contributed by atoms with Gasteiger partial charge in [-0.15, -0.1) is 0 Å². The molecule has 0 aliphatic heterocycles. The Hall–Kier alpha value is -1.93. The van der Waals surface area contributed by atoms with Gasteiger partial charge in [-0.05, 0) is 45.4 Å². The molecule has 2 heterocycles. The van der Waals surface area contributed by atoms with Crippen LogP contribution < -0.4 is 5.56 Å². The number of ether oxygens (including phenoxy) is 1. The van der Waals surface area contributed by atoms with E-state index in [4.69, 9.17) is 4.74 Å². The molecule has 0 spiro atoms. The summed E-state index contributed by atoms with van der Waals surface area (Å²) in [6, 6.07) is 1.03. The van der Waals surface area contributed by atoms with Gasteiger partial charge in [0.25, 0.3) is 5.56 Å². The maximum absolute atomic E-state index is 13.1. The molecule has 1 fully saturated rings. The molecule has 0 bridgehead atoms. The Labute approximate surface area is 149 Å².